The van der Waals surface area contributed by atoms with Crippen molar-refractivity contribution in [3.05, 3.63) is 68.2 Å². The molecule has 0 fully saturated rings. The average molecular weight is 403 g/mol. The fraction of sp³-hybridized carbons (Fsp3) is 0.250. The molecule has 0 saturated carbocycles. The van der Waals surface area contributed by atoms with Crippen molar-refractivity contribution in [2.24, 2.45) is 0 Å². The van der Waals surface area contributed by atoms with Crippen LogP contribution in [0.4, 0.5) is 0 Å². The van der Waals surface area contributed by atoms with E-state index in [-0.39, 0.29) is 16.3 Å². The largest absolute Gasteiger partial charge is 0.421 e. The van der Waals surface area contributed by atoms with Gasteiger partial charge in [0.15, 0.2) is 5.75 Å². The lowest BCUT2D eigenvalue weighted by atomic mass is 10.1. The number of nitrogens with zero attached hydrogens (tertiary/aromatic N) is 2. The smallest absolute Gasteiger partial charge is 0.343 e. The lowest BCUT2D eigenvalue weighted by Gasteiger charge is -2.11. The Morgan fingerprint density at radius 1 is 1.11 bits per heavy atom. The Hall–Kier alpha value is -2.37. The van der Waals surface area contributed by atoms with Crippen molar-refractivity contribution >= 4 is 40.1 Å². The first-order valence-corrected chi connectivity index (χ1v) is 9.50. The Kier molecular flexibility index (Phi) is 4.89. The summed E-state index contributed by atoms with van der Waals surface area (Å²) in [5, 5.41) is 0.978. The lowest BCUT2D eigenvalue weighted by molar-refractivity contribution is 0.0735. The van der Waals surface area contributed by atoms with Gasteiger partial charge in [-0.2, -0.15) is 0 Å². The predicted octanol–water partition coefficient (Wildman–Crippen LogP) is 4.65. The van der Waals surface area contributed by atoms with Gasteiger partial charge < -0.3 is 4.74 Å². The molecular weight excluding hydrogens is 387 g/mol. The highest BCUT2D eigenvalue weighted by Crippen LogP contribution is 2.32. The van der Waals surface area contributed by atoms with E-state index in [0.717, 1.165) is 31.5 Å². The van der Waals surface area contributed by atoms with Gasteiger partial charge in [0.2, 0.25) is 0 Å². The number of benzene rings is 2. The monoisotopic (exact) mass is 402 g/mol. The summed E-state index contributed by atoms with van der Waals surface area (Å²) >= 11 is 12.0. The maximum absolute atomic E-state index is 12.8. The van der Waals surface area contributed by atoms with E-state index < -0.39 is 5.97 Å². The van der Waals surface area contributed by atoms with Crippen LogP contribution >= 0.6 is 23.2 Å². The van der Waals surface area contributed by atoms with Crippen molar-refractivity contribution < 1.29 is 9.53 Å². The Bertz CT molecular complexity index is 1110. The quantitative estimate of drug-likeness (QED) is 0.462. The minimum atomic E-state index is -0.585. The average Bonchev–Trinajstić information content (AvgIpc) is 2.91. The van der Waals surface area contributed by atoms with E-state index in [1.54, 1.807) is 41.0 Å². The van der Waals surface area contributed by atoms with Crippen molar-refractivity contribution in [1.29, 1.82) is 0 Å². The molecule has 0 aliphatic carbocycles. The summed E-state index contributed by atoms with van der Waals surface area (Å²) in [4.78, 5) is 29.9. The third kappa shape index (κ3) is 3.45. The number of aromatic nitrogens is 2. The molecule has 0 unspecified atom stereocenters. The zero-order valence-electron chi connectivity index (χ0n) is 14.4. The van der Waals surface area contributed by atoms with Gasteiger partial charge >= 0.3 is 5.97 Å². The molecule has 5 nitrogen and oxygen atoms in total. The molecule has 0 atom stereocenters. The number of rotatable bonds is 2. The number of hydrogen-bond acceptors (Lipinski definition) is 4. The molecule has 0 saturated heterocycles. The molecular formula is C20H16Cl2N2O3. The van der Waals surface area contributed by atoms with Crippen LogP contribution in [0.1, 0.15) is 35.4 Å². The summed E-state index contributed by atoms with van der Waals surface area (Å²) in [6.07, 6.45) is 3.83. The molecule has 0 radical (unpaired) electrons. The van der Waals surface area contributed by atoms with Crippen molar-refractivity contribution in [3.8, 4) is 5.75 Å². The van der Waals surface area contributed by atoms with E-state index in [0.29, 0.717) is 28.0 Å². The number of carbonyl (C=O) groups is 1. The van der Waals surface area contributed by atoms with E-state index in [9.17, 15) is 9.59 Å². The predicted molar refractivity (Wildman–Crippen MR) is 105 cm³/mol. The van der Waals surface area contributed by atoms with Crippen LogP contribution in [0.5, 0.6) is 5.75 Å². The van der Waals surface area contributed by atoms with Crippen LogP contribution in [-0.4, -0.2) is 15.5 Å². The van der Waals surface area contributed by atoms with Gasteiger partial charge in [0.25, 0.3) is 5.56 Å². The minimum Gasteiger partial charge on any atom is -0.421 e. The van der Waals surface area contributed by atoms with Crippen LogP contribution in [0.2, 0.25) is 10.0 Å². The summed E-state index contributed by atoms with van der Waals surface area (Å²) < 4.78 is 7.11. The number of hydrogen-bond donors (Lipinski definition) is 0. The lowest BCUT2D eigenvalue weighted by Crippen LogP contribution is -2.24. The third-order valence-corrected chi connectivity index (χ3v) is 5.47. The fourth-order valence-corrected chi connectivity index (χ4v) is 3.60. The van der Waals surface area contributed by atoms with Crippen LogP contribution in [0.3, 0.4) is 0 Å². The first kappa shape index (κ1) is 18.0. The second-order valence-electron chi connectivity index (χ2n) is 6.47. The summed E-state index contributed by atoms with van der Waals surface area (Å²) in [7, 11) is 0. The molecule has 0 bridgehead atoms. The van der Waals surface area contributed by atoms with Gasteiger partial charge in [-0.25, -0.2) is 9.78 Å². The Balaban J connectivity index is 1.72. The molecule has 1 aliphatic rings. The zero-order valence-corrected chi connectivity index (χ0v) is 15.9. The molecule has 138 valence electrons. The second kappa shape index (κ2) is 7.33. The number of fused-ring (bicyclic) bond motifs is 2. The number of aryl methyl sites for hydroxylation is 1. The van der Waals surface area contributed by atoms with Crippen LogP contribution < -0.4 is 10.3 Å². The van der Waals surface area contributed by atoms with Crippen LogP contribution in [0, 0.1) is 0 Å². The molecule has 27 heavy (non-hydrogen) atoms. The first-order chi connectivity index (χ1) is 13.0. The van der Waals surface area contributed by atoms with Gasteiger partial charge in [0.05, 0.1) is 21.5 Å². The van der Waals surface area contributed by atoms with E-state index in [1.165, 1.54) is 0 Å². The SMILES string of the molecule is O=C(Oc1cccc(Cl)c1Cl)c1ccc2c(=O)n3c(nc2c1)CCCCC3. The highest BCUT2D eigenvalue weighted by molar-refractivity contribution is 6.43. The van der Waals surface area contributed by atoms with E-state index in [4.69, 9.17) is 27.9 Å². The van der Waals surface area contributed by atoms with Crippen molar-refractivity contribution in [2.75, 3.05) is 0 Å². The van der Waals surface area contributed by atoms with E-state index in [1.807, 2.05) is 0 Å². The van der Waals surface area contributed by atoms with Crippen LogP contribution in [0.25, 0.3) is 10.9 Å². The van der Waals surface area contributed by atoms with Crippen LogP contribution in [0.15, 0.2) is 41.2 Å². The summed E-state index contributed by atoms with van der Waals surface area (Å²) in [5.41, 5.74) is 0.735. The van der Waals surface area contributed by atoms with E-state index >= 15 is 0 Å². The minimum absolute atomic E-state index is 0.0605. The normalized spacial score (nSPS) is 13.9. The standard InChI is InChI=1S/C20H16Cl2N2O3/c21-14-5-4-6-16(18(14)22)27-20(26)12-8-9-13-15(11-12)23-17-7-2-1-3-10-24(17)19(13)25/h4-6,8-9,11H,1-3,7,10H2. The van der Waals surface area contributed by atoms with Gasteiger partial charge in [-0.15, -0.1) is 0 Å². The van der Waals surface area contributed by atoms with Gasteiger partial charge in [-0.1, -0.05) is 35.7 Å². The topological polar surface area (TPSA) is 61.2 Å². The molecule has 7 heteroatoms. The van der Waals surface area contributed by atoms with Crippen molar-refractivity contribution in [1.82, 2.24) is 9.55 Å². The summed E-state index contributed by atoms with van der Waals surface area (Å²) in [6, 6.07) is 9.60. The summed E-state index contributed by atoms with van der Waals surface area (Å²) in [5.74, 6) is 0.371. The molecule has 2 heterocycles. The Labute approximate surface area is 165 Å². The molecule has 1 aromatic heterocycles. The summed E-state index contributed by atoms with van der Waals surface area (Å²) in [6.45, 7) is 0.689. The molecule has 0 N–H and O–H groups in total. The molecule has 4 rings (SSSR count). The van der Waals surface area contributed by atoms with Crippen molar-refractivity contribution in [3.63, 3.8) is 0 Å². The molecule has 0 spiro atoms. The van der Waals surface area contributed by atoms with E-state index in [2.05, 4.69) is 4.98 Å². The van der Waals surface area contributed by atoms with Crippen LogP contribution in [-0.2, 0) is 13.0 Å². The number of esters is 1. The maximum atomic E-state index is 12.8. The molecule has 2 aromatic carbocycles. The zero-order chi connectivity index (χ0) is 19.0. The maximum Gasteiger partial charge on any atom is 0.343 e. The highest BCUT2D eigenvalue weighted by Gasteiger charge is 2.17. The molecule has 0 amide bonds. The second-order valence-corrected chi connectivity index (χ2v) is 7.25. The van der Waals surface area contributed by atoms with Crippen molar-refractivity contribution in [2.45, 2.75) is 32.2 Å². The number of carbonyl (C=O) groups excluding carboxylic acids is 1. The fourth-order valence-electron chi connectivity index (χ4n) is 3.27. The number of halogens is 2. The van der Waals surface area contributed by atoms with Gasteiger partial charge in [0.1, 0.15) is 10.8 Å². The molecule has 3 aromatic rings. The number of ether oxygens (including phenoxy) is 1. The Morgan fingerprint density at radius 2 is 1.96 bits per heavy atom. The Morgan fingerprint density at radius 3 is 2.81 bits per heavy atom. The van der Waals surface area contributed by atoms with Gasteiger partial charge in [-0.3, -0.25) is 9.36 Å². The highest BCUT2D eigenvalue weighted by atomic mass is 35.5. The first-order valence-electron chi connectivity index (χ1n) is 8.74. The van der Waals surface area contributed by atoms with Gasteiger partial charge in [0, 0.05) is 13.0 Å². The van der Waals surface area contributed by atoms with Gasteiger partial charge in [-0.05, 0) is 43.2 Å². The third-order valence-electron chi connectivity index (χ3n) is 4.67. The molecule has 1 aliphatic heterocycles.